The molecular weight excluding hydrogens is 154 g/mol. The highest BCUT2D eigenvalue weighted by atomic mass is 16.5. The summed E-state index contributed by atoms with van der Waals surface area (Å²) in [5.41, 5.74) is 5.82. The van der Waals surface area contributed by atoms with E-state index >= 15 is 0 Å². The van der Waals surface area contributed by atoms with E-state index in [9.17, 15) is 5.11 Å². The van der Waals surface area contributed by atoms with Crippen molar-refractivity contribution in [3.05, 3.63) is 0 Å². The van der Waals surface area contributed by atoms with Gasteiger partial charge < -0.3 is 15.6 Å². The van der Waals surface area contributed by atoms with Gasteiger partial charge in [0, 0.05) is 6.04 Å². The van der Waals surface area contributed by atoms with E-state index in [-0.39, 0.29) is 18.2 Å². The van der Waals surface area contributed by atoms with Gasteiger partial charge in [0.05, 0.1) is 18.3 Å². The smallest absolute Gasteiger partial charge is 0.0807 e. The Morgan fingerprint density at radius 1 is 1.42 bits per heavy atom. The lowest BCUT2D eigenvalue weighted by Gasteiger charge is -2.23. The van der Waals surface area contributed by atoms with Crippen molar-refractivity contribution in [3.8, 4) is 0 Å². The lowest BCUT2D eigenvalue weighted by atomic mass is 10.2. The maximum Gasteiger partial charge on any atom is 0.0807 e. The molecular formula is C9H19NO2. The Morgan fingerprint density at radius 2 is 2.08 bits per heavy atom. The minimum atomic E-state index is -0.405. The molecule has 3 nitrogen and oxygen atoms in total. The zero-order chi connectivity index (χ0) is 9.14. The first-order valence-electron chi connectivity index (χ1n) is 4.70. The Labute approximate surface area is 73.9 Å². The van der Waals surface area contributed by atoms with Crippen molar-refractivity contribution in [1.29, 1.82) is 0 Å². The lowest BCUT2D eigenvalue weighted by molar-refractivity contribution is -0.0629. The van der Waals surface area contributed by atoms with Crippen molar-refractivity contribution in [3.63, 3.8) is 0 Å². The van der Waals surface area contributed by atoms with Gasteiger partial charge in [-0.1, -0.05) is 0 Å². The van der Waals surface area contributed by atoms with E-state index in [1.807, 2.05) is 6.92 Å². The van der Waals surface area contributed by atoms with Crippen LogP contribution < -0.4 is 5.73 Å². The maximum atomic E-state index is 9.20. The predicted octanol–water partition coefficient (Wildman–Crippen LogP) is 0.652. The first-order valence-corrected chi connectivity index (χ1v) is 4.70. The molecule has 0 bridgehead atoms. The van der Waals surface area contributed by atoms with Crippen LogP contribution in [0.25, 0.3) is 0 Å². The molecule has 72 valence electrons. The molecule has 3 heteroatoms. The average molecular weight is 173 g/mol. The summed E-state index contributed by atoms with van der Waals surface area (Å²) >= 11 is 0. The van der Waals surface area contributed by atoms with Crippen molar-refractivity contribution in [2.24, 2.45) is 5.73 Å². The predicted molar refractivity (Wildman–Crippen MR) is 47.8 cm³/mol. The number of hydrogen-bond acceptors (Lipinski definition) is 3. The minimum Gasteiger partial charge on any atom is -0.391 e. The second-order valence-electron chi connectivity index (χ2n) is 3.72. The van der Waals surface area contributed by atoms with Crippen LogP contribution in [-0.2, 0) is 4.74 Å². The van der Waals surface area contributed by atoms with Gasteiger partial charge in [0.25, 0.3) is 0 Å². The molecule has 0 spiro atoms. The zero-order valence-electron chi connectivity index (χ0n) is 7.86. The topological polar surface area (TPSA) is 55.5 Å². The molecule has 1 aliphatic rings. The van der Waals surface area contributed by atoms with E-state index in [1.54, 1.807) is 6.92 Å². The number of aliphatic hydroxyl groups excluding tert-OH is 1. The molecule has 1 saturated carbocycles. The highest BCUT2D eigenvalue weighted by Crippen LogP contribution is 2.22. The molecule has 1 rings (SSSR count). The number of rotatable bonds is 3. The molecule has 0 aromatic carbocycles. The van der Waals surface area contributed by atoms with E-state index in [4.69, 9.17) is 10.5 Å². The highest BCUT2D eigenvalue weighted by molar-refractivity contribution is 4.82. The Hall–Kier alpha value is -0.120. The average Bonchev–Trinajstić information content (AvgIpc) is 2.36. The van der Waals surface area contributed by atoms with Gasteiger partial charge in [-0.05, 0) is 33.1 Å². The molecule has 0 amide bonds. The molecule has 0 aliphatic heterocycles. The molecule has 0 saturated heterocycles. The van der Waals surface area contributed by atoms with Crippen molar-refractivity contribution in [1.82, 2.24) is 0 Å². The van der Waals surface area contributed by atoms with Gasteiger partial charge in [0.1, 0.15) is 0 Å². The van der Waals surface area contributed by atoms with Gasteiger partial charge in [0.2, 0.25) is 0 Å². The fraction of sp³-hybridized carbons (Fsp3) is 1.00. The van der Waals surface area contributed by atoms with Gasteiger partial charge in [0.15, 0.2) is 0 Å². The highest BCUT2D eigenvalue weighted by Gasteiger charge is 2.27. The second kappa shape index (κ2) is 4.21. The van der Waals surface area contributed by atoms with E-state index in [2.05, 4.69) is 0 Å². The summed E-state index contributed by atoms with van der Waals surface area (Å²) in [7, 11) is 0. The third-order valence-electron chi connectivity index (χ3n) is 2.57. The second-order valence-corrected chi connectivity index (χ2v) is 3.72. The van der Waals surface area contributed by atoms with Crippen LogP contribution in [-0.4, -0.2) is 29.5 Å². The Kier molecular flexibility index (Phi) is 3.50. The molecule has 4 atom stereocenters. The van der Waals surface area contributed by atoms with Crippen LogP contribution in [0.15, 0.2) is 0 Å². The molecule has 12 heavy (non-hydrogen) atoms. The van der Waals surface area contributed by atoms with Crippen molar-refractivity contribution >= 4 is 0 Å². The minimum absolute atomic E-state index is 0.0980. The monoisotopic (exact) mass is 173 g/mol. The largest absolute Gasteiger partial charge is 0.391 e. The number of nitrogens with two attached hydrogens (primary N) is 1. The zero-order valence-corrected chi connectivity index (χ0v) is 7.86. The number of hydrogen-bond donors (Lipinski definition) is 2. The van der Waals surface area contributed by atoms with Gasteiger partial charge in [-0.2, -0.15) is 0 Å². The van der Waals surface area contributed by atoms with Crippen LogP contribution in [0.5, 0.6) is 0 Å². The molecule has 1 aliphatic carbocycles. The van der Waals surface area contributed by atoms with Crippen LogP contribution in [0.4, 0.5) is 0 Å². The third-order valence-corrected chi connectivity index (χ3v) is 2.57. The van der Waals surface area contributed by atoms with Crippen molar-refractivity contribution in [2.45, 2.75) is 57.5 Å². The summed E-state index contributed by atoms with van der Waals surface area (Å²) in [5.74, 6) is 0. The van der Waals surface area contributed by atoms with E-state index in [0.717, 1.165) is 19.3 Å². The molecule has 3 N–H and O–H groups in total. The Morgan fingerprint density at radius 3 is 2.50 bits per heavy atom. The number of ether oxygens (including phenoxy) is 1. The summed E-state index contributed by atoms with van der Waals surface area (Å²) in [6.45, 7) is 3.63. The molecule has 0 radical (unpaired) electrons. The van der Waals surface area contributed by atoms with Gasteiger partial charge in [-0.3, -0.25) is 0 Å². The van der Waals surface area contributed by atoms with Gasteiger partial charge in [-0.15, -0.1) is 0 Å². The van der Waals surface area contributed by atoms with Crippen LogP contribution in [0.1, 0.15) is 33.1 Å². The van der Waals surface area contributed by atoms with Crippen LogP contribution in [0, 0.1) is 0 Å². The van der Waals surface area contributed by atoms with E-state index in [0.29, 0.717) is 0 Å². The van der Waals surface area contributed by atoms with Crippen molar-refractivity contribution < 1.29 is 9.84 Å². The molecule has 0 aromatic rings. The Balaban J connectivity index is 2.30. The maximum absolute atomic E-state index is 9.20. The fourth-order valence-corrected chi connectivity index (χ4v) is 1.51. The summed E-state index contributed by atoms with van der Waals surface area (Å²) in [5, 5.41) is 9.20. The normalized spacial score (nSPS) is 35.0. The first-order chi connectivity index (χ1) is 5.61. The van der Waals surface area contributed by atoms with Crippen LogP contribution >= 0.6 is 0 Å². The number of aliphatic hydroxyl groups is 1. The summed E-state index contributed by atoms with van der Waals surface area (Å²) in [4.78, 5) is 0. The molecule has 4 unspecified atom stereocenters. The van der Waals surface area contributed by atoms with E-state index in [1.165, 1.54) is 0 Å². The van der Waals surface area contributed by atoms with E-state index < -0.39 is 6.10 Å². The molecule has 0 aromatic heterocycles. The molecule has 1 fully saturated rings. The summed E-state index contributed by atoms with van der Waals surface area (Å²) in [6.07, 6.45) is 2.90. The first kappa shape index (κ1) is 9.96. The third kappa shape index (κ3) is 2.44. The van der Waals surface area contributed by atoms with Gasteiger partial charge >= 0.3 is 0 Å². The quantitative estimate of drug-likeness (QED) is 0.659. The van der Waals surface area contributed by atoms with Gasteiger partial charge in [-0.25, -0.2) is 0 Å². The fourth-order valence-electron chi connectivity index (χ4n) is 1.51. The SMILES string of the molecule is CC(O)C(C)OC1CCCC1N. The summed E-state index contributed by atoms with van der Waals surface area (Å²) in [6, 6.07) is 0.172. The van der Waals surface area contributed by atoms with Crippen LogP contribution in [0.3, 0.4) is 0 Å². The van der Waals surface area contributed by atoms with Crippen LogP contribution in [0.2, 0.25) is 0 Å². The molecule has 0 heterocycles. The lowest BCUT2D eigenvalue weighted by Crippen LogP contribution is -2.36. The Bertz CT molecular complexity index is 138. The summed E-state index contributed by atoms with van der Waals surface area (Å²) < 4.78 is 5.61. The van der Waals surface area contributed by atoms with Crippen molar-refractivity contribution in [2.75, 3.05) is 0 Å². The standard InChI is InChI=1S/C9H19NO2/c1-6(11)7(2)12-9-5-3-4-8(9)10/h6-9,11H,3-5,10H2,1-2H3.